The van der Waals surface area contributed by atoms with Crippen molar-refractivity contribution in [1.82, 2.24) is 4.90 Å². The topological polar surface area (TPSA) is 55.6 Å². The highest BCUT2D eigenvalue weighted by atomic mass is 16.6. The van der Waals surface area contributed by atoms with Crippen molar-refractivity contribution in [3.05, 3.63) is 35.4 Å². The van der Waals surface area contributed by atoms with E-state index in [9.17, 15) is 4.79 Å². The molecule has 0 radical (unpaired) electrons. The van der Waals surface area contributed by atoms with Gasteiger partial charge in [0, 0.05) is 19.0 Å². The third-order valence-corrected chi connectivity index (χ3v) is 3.25. The van der Waals surface area contributed by atoms with Crippen molar-refractivity contribution < 1.29 is 9.53 Å². The van der Waals surface area contributed by atoms with Crippen molar-refractivity contribution in [2.45, 2.75) is 19.9 Å². The van der Waals surface area contributed by atoms with Gasteiger partial charge in [-0.3, -0.25) is 0 Å². The van der Waals surface area contributed by atoms with Crippen molar-refractivity contribution in [2.75, 3.05) is 19.7 Å². The van der Waals surface area contributed by atoms with Gasteiger partial charge in [0.15, 0.2) is 0 Å². The lowest BCUT2D eigenvalue weighted by Gasteiger charge is -2.32. The molecule has 1 heterocycles. The Morgan fingerprint density at radius 2 is 2.11 bits per heavy atom. The third-order valence-electron chi connectivity index (χ3n) is 3.25. The average Bonchev–Trinajstić information content (AvgIpc) is 2.36. The normalized spacial score (nSPS) is 19.8. The standard InChI is InChI=1S/C14H20N2O2/c1-11-2-4-12(5-3-11)8-16-9-13(6-7-15)10-18-14(16)17/h2-5,13H,6-10,15H2,1H3. The lowest BCUT2D eigenvalue weighted by molar-refractivity contribution is 0.0385. The Morgan fingerprint density at radius 1 is 1.39 bits per heavy atom. The van der Waals surface area contributed by atoms with Gasteiger partial charge in [0.05, 0.1) is 6.61 Å². The van der Waals surface area contributed by atoms with Gasteiger partial charge in [0.1, 0.15) is 0 Å². The van der Waals surface area contributed by atoms with Crippen molar-refractivity contribution >= 4 is 6.09 Å². The molecule has 1 amide bonds. The molecular formula is C14H20N2O2. The van der Waals surface area contributed by atoms with Crippen molar-refractivity contribution in [1.29, 1.82) is 0 Å². The number of amides is 1. The van der Waals surface area contributed by atoms with Gasteiger partial charge >= 0.3 is 6.09 Å². The minimum absolute atomic E-state index is 0.219. The van der Waals surface area contributed by atoms with Crippen LogP contribution in [0, 0.1) is 12.8 Å². The molecule has 1 aromatic carbocycles. The molecule has 4 nitrogen and oxygen atoms in total. The Morgan fingerprint density at radius 3 is 2.78 bits per heavy atom. The number of nitrogens with two attached hydrogens (primary N) is 1. The molecule has 1 atom stereocenters. The molecule has 1 aliphatic rings. The predicted octanol–water partition coefficient (Wildman–Crippen LogP) is 1.91. The van der Waals surface area contributed by atoms with Crippen LogP contribution < -0.4 is 5.73 Å². The van der Waals surface area contributed by atoms with Crippen molar-refractivity contribution in [3.8, 4) is 0 Å². The third kappa shape index (κ3) is 3.23. The number of hydrogen-bond acceptors (Lipinski definition) is 3. The van der Waals surface area contributed by atoms with Crippen molar-refractivity contribution in [2.24, 2.45) is 11.7 Å². The molecular weight excluding hydrogens is 228 g/mol. The monoisotopic (exact) mass is 248 g/mol. The van der Waals surface area contributed by atoms with Crippen LogP contribution in [0.5, 0.6) is 0 Å². The van der Waals surface area contributed by atoms with Gasteiger partial charge in [-0.05, 0) is 25.5 Å². The van der Waals surface area contributed by atoms with E-state index in [4.69, 9.17) is 10.5 Å². The summed E-state index contributed by atoms with van der Waals surface area (Å²) in [5.74, 6) is 0.359. The average molecular weight is 248 g/mol. The maximum Gasteiger partial charge on any atom is 0.410 e. The van der Waals surface area contributed by atoms with Crippen LogP contribution in [0.4, 0.5) is 4.79 Å². The lowest BCUT2D eigenvalue weighted by atomic mass is 10.0. The minimum atomic E-state index is -0.219. The Hall–Kier alpha value is -1.55. The number of aryl methyl sites for hydroxylation is 1. The molecule has 1 unspecified atom stereocenters. The Labute approximate surface area is 108 Å². The Balaban J connectivity index is 1.98. The SMILES string of the molecule is Cc1ccc(CN2CC(CCN)COC2=O)cc1. The van der Waals surface area contributed by atoms with E-state index in [1.807, 2.05) is 0 Å². The van der Waals surface area contributed by atoms with Crippen LogP contribution in [0.15, 0.2) is 24.3 Å². The first kappa shape index (κ1) is 12.9. The molecule has 1 fully saturated rings. The molecule has 2 N–H and O–H groups in total. The molecule has 1 aromatic rings. The summed E-state index contributed by atoms with van der Waals surface area (Å²) in [6.07, 6.45) is 0.682. The Bertz CT molecular complexity index is 403. The quantitative estimate of drug-likeness (QED) is 0.885. The predicted molar refractivity (Wildman–Crippen MR) is 70.1 cm³/mol. The molecule has 98 valence electrons. The van der Waals surface area contributed by atoms with E-state index < -0.39 is 0 Å². The van der Waals surface area contributed by atoms with Crippen LogP contribution in [0.3, 0.4) is 0 Å². The molecule has 4 heteroatoms. The van der Waals surface area contributed by atoms with E-state index in [0.717, 1.165) is 18.5 Å². The van der Waals surface area contributed by atoms with E-state index in [1.54, 1.807) is 4.90 Å². The molecule has 0 spiro atoms. The summed E-state index contributed by atoms with van der Waals surface area (Å²) < 4.78 is 5.18. The van der Waals surface area contributed by atoms with Gasteiger partial charge in [0.2, 0.25) is 0 Å². The van der Waals surface area contributed by atoms with Crippen LogP contribution >= 0.6 is 0 Å². The van der Waals surface area contributed by atoms with Gasteiger partial charge < -0.3 is 15.4 Å². The fourth-order valence-corrected chi connectivity index (χ4v) is 2.17. The van der Waals surface area contributed by atoms with Crippen LogP contribution in [0.1, 0.15) is 17.5 Å². The first-order valence-corrected chi connectivity index (χ1v) is 6.36. The zero-order valence-corrected chi connectivity index (χ0v) is 10.8. The summed E-state index contributed by atoms with van der Waals surface area (Å²) in [4.78, 5) is 13.4. The zero-order chi connectivity index (χ0) is 13.0. The highest BCUT2D eigenvalue weighted by molar-refractivity contribution is 5.68. The summed E-state index contributed by atoms with van der Waals surface area (Å²) in [5.41, 5.74) is 7.90. The van der Waals surface area contributed by atoms with Crippen molar-refractivity contribution in [3.63, 3.8) is 0 Å². The summed E-state index contributed by atoms with van der Waals surface area (Å²) in [6, 6.07) is 8.22. The zero-order valence-electron chi connectivity index (χ0n) is 10.8. The van der Waals surface area contributed by atoms with E-state index in [1.165, 1.54) is 5.56 Å². The molecule has 18 heavy (non-hydrogen) atoms. The van der Waals surface area contributed by atoms with Crippen LogP contribution in [0.25, 0.3) is 0 Å². The van der Waals surface area contributed by atoms with Gasteiger partial charge in [0.25, 0.3) is 0 Å². The molecule has 1 aliphatic heterocycles. The van der Waals surface area contributed by atoms with Crippen LogP contribution in [-0.4, -0.2) is 30.7 Å². The van der Waals surface area contributed by atoms with Gasteiger partial charge in [-0.25, -0.2) is 4.79 Å². The highest BCUT2D eigenvalue weighted by Gasteiger charge is 2.26. The van der Waals surface area contributed by atoms with Gasteiger partial charge in [-0.1, -0.05) is 29.8 Å². The number of hydrogen-bond donors (Lipinski definition) is 1. The van der Waals surface area contributed by atoms with E-state index in [-0.39, 0.29) is 6.09 Å². The number of nitrogens with zero attached hydrogens (tertiary/aromatic N) is 1. The second-order valence-electron chi connectivity index (χ2n) is 4.89. The first-order chi connectivity index (χ1) is 8.69. The number of ether oxygens (including phenoxy) is 1. The summed E-state index contributed by atoms with van der Waals surface area (Å²) in [6.45, 7) is 4.54. The fraction of sp³-hybridized carbons (Fsp3) is 0.500. The molecule has 2 rings (SSSR count). The lowest BCUT2D eigenvalue weighted by Crippen LogP contribution is -2.43. The first-order valence-electron chi connectivity index (χ1n) is 6.36. The highest BCUT2D eigenvalue weighted by Crippen LogP contribution is 2.17. The fourth-order valence-electron chi connectivity index (χ4n) is 2.17. The van der Waals surface area contributed by atoms with Gasteiger partial charge in [-0.15, -0.1) is 0 Å². The van der Waals surface area contributed by atoms with E-state index in [2.05, 4.69) is 31.2 Å². The molecule has 0 aliphatic carbocycles. The smallest absolute Gasteiger partial charge is 0.410 e. The summed E-state index contributed by atoms with van der Waals surface area (Å²) in [7, 11) is 0. The molecule has 0 bridgehead atoms. The number of cyclic esters (lactones) is 1. The maximum absolute atomic E-state index is 11.7. The molecule has 1 saturated heterocycles. The second-order valence-corrected chi connectivity index (χ2v) is 4.89. The Kier molecular flexibility index (Phi) is 4.20. The number of rotatable bonds is 4. The van der Waals surface area contributed by atoms with Gasteiger partial charge in [-0.2, -0.15) is 0 Å². The number of carbonyl (C=O) groups is 1. The number of carbonyl (C=O) groups excluding carboxylic acids is 1. The number of benzene rings is 1. The molecule has 0 aromatic heterocycles. The van der Waals surface area contributed by atoms with Crippen LogP contribution in [0.2, 0.25) is 0 Å². The summed E-state index contributed by atoms with van der Waals surface area (Å²) in [5, 5.41) is 0. The summed E-state index contributed by atoms with van der Waals surface area (Å²) >= 11 is 0. The minimum Gasteiger partial charge on any atom is -0.449 e. The van der Waals surface area contributed by atoms with E-state index in [0.29, 0.717) is 25.6 Å². The second kappa shape index (κ2) is 5.87. The van der Waals surface area contributed by atoms with Crippen LogP contribution in [-0.2, 0) is 11.3 Å². The van der Waals surface area contributed by atoms with E-state index >= 15 is 0 Å². The molecule has 0 saturated carbocycles. The maximum atomic E-state index is 11.7. The largest absolute Gasteiger partial charge is 0.449 e.